The molecule has 4 bridgehead atoms. The van der Waals surface area contributed by atoms with E-state index in [2.05, 4.69) is 45.4 Å². The van der Waals surface area contributed by atoms with Gasteiger partial charge >= 0.3 is 18.1 Å². The molecule has 10 N–H and O–H groups in total. The number of fused-ring (bicyclic) bond motifs is 2. The zero-order valence-electron chi connectivity index (χ0n) is 58.6. The Morgan fingerprint density at radius 3 is 2.24 bits per heavy atom. The van der Waals surface area contributed by atoms with Gasteiger partial charge in [0.15, 0.2) is 10.8 Å². The Kier molecular flexibility index (Phi) is 22.5. The van der Waals surface area contributed by atoms with Crippen LogP contribution in [0.1, 0.15) is 148 Å². The van der Waals surface area contributed by atoms with Crippen LogP contribution in [0.25, 0.3) is 21.3 Å². The molecule has 4 fully saturated rings. The number of amides is 9. The summed E-state index contributed by atoms with van der Waals surface area (Å²) in [5, 5.41) is 35.5. The minimum absolute atomic E-state index is 0.00932. The maximum absolute atomic E-state index is 14.0. The Hall–Kier alpha value is -9.65. The van der Waals surface area contributed by atoms with E-state index in [1.54, 1.807) is 56.4 Å². The summed E-state index contributed by atoms with van der Waals surface area (Å²) in [6.45, 7) is 11.4. The van der Waals surface area contributed by atoms with E-state index in [0.29, 0.717) is 90.6 Å². The molecular weight excluding hydrogens is 1360 g/mol. The Bertz CT molecular complexity index is 4330. The minimum atomic E-state index is -4.01. The molecule has 548 valence electrons. The monoisotopic (exact) mass is 1450 g/mol. The van der Waals surface area contributed by atoms with Crippen molar-refractivity contribution in [1.82, 2.24) is 45.5 Å². The third-order valence-electron chi connectivity index (χ3n) is 20.3. The van der Waals surface area contributed by atoms with Gasteiger partial charge in [-0.15, -0.1) is 0 Å². The molecule has 0 saturated heterocycles. The summed E-state index contributed by atoms with van der Waals surface area (Å²) in [7, 11) is -4.01. The van der Waals surface area contributed by atoms with E-state index in [1.165, 1.54) is 28.4 Å². The maximum atomic E-state index is 14.0. The number of carboxylic acids is 1. The van der Waals surface area contributed by atoms with Crippen LogP contribution in [0.4, 0.5) is 26.2 Å². The lowest BCUT2D eigenvalue weighted by Crippen LogP contribution is -2.64. The number of carbonyl (C=O) groups is 9. The Morgan fingerprint density at radius 2 is 1.54 bits per heavy atom. The highest BCUT2D eigenvalue weighted by Crippen LogP contribution is 2.72. The summed E-state index contributed by atoms with van der Waals surface area (Å²) in [5.41, 5.74) is 9.98. The molecule has 4 aliphatic carbocycles. The number of pyridine rings is 1. The van der Waals surface area contributed by atoms with Crippen molar-refractivity contribution >= 4 is 102 Å². The molecule has 2 aliphatic heterocycles. The van der Waals surface area contributed by atoms with Crippen LogP contribution in [0.5, 0.6) is 0 Å². The van der Waals surface area contributed by atoms with E-state index in [0.717, 1.165) is 64.0 Å². The first-order chi connectivity index (χ1) is 49.0. The average molecular weight is 1450 g/mol. The third kappa shape index (κ3) is 18.2. The van der Waals surface area contributed by atoms with Crippen LogP contribution in [0, 0.1) is 29.1 Å². The van der Waals surface area contributed by atoms with Crippen LogP contribution in [-0.4, -0.2) is 159 Å². The number of aromatic nitrogens is 4. The quantitative estimate of drug-likeness (QED) is 0.0147. The van der Waals surface area contributed by atoms with Gasteiger partial charge in [-0.05, 0) is 159 Å². The fraction of sp³-hybridized carbons (Fsp3) is 0.479. The number of imide groups is 1. The second-order valence-corrected chi connectivity index (χ2v) is 32.1. The number of benzene rings is 3. The standard InChI is InChI=1S/C73H90N14O14S2/c1-45(2)61(82-58(88)18-7-6-10-29-86-59(89)25-26-60(86)90)65(93)79-55(16-12-28-76-67(74)96)64(92)78-49-21-19-47(20-22-49)37-100-69(97)84(32-34-103(75,98)99)31-33-101-73-41-70(4)38-71(5,42-73)40-72(39-70,43-73)44-87-46(3)52(35-77-87)50-23-24-57(81-62(50)66(94)95)85-30-27-48-13-11-14-51(53(48)36-85)63(91)83-68-80-54-15-8-9-17-56(54)102-68/h8-9,11,13-15,17,19-26,35,45,55,61H,6-7,10,12,16,18,27-34,36-44H2,1-5H3,(H,78,92)(H,79,93)(H,82,88)(H,94,95)(H3,74,76,96)(H2,75,98,99)(H,80,83,91)/t55-,61-,70?,71?,72?,73?/m0/s1. The summed E-state index contributed by atoms with van der Waals surface area (Å²) in [4.78, 5) is 131. The van der Waals surface area contributed by atoms with Crippen LogP contribution < -0.4 is 42.4 Å². The largest absolute Gasteiger partial charge is 0.476 e. The lowest BCUT2D eigenvalue weighted by atomic mass is 9.39. The second kappa shape index (κ2) is 31.1. The number of sulfonamides is 1. The fourth-order valence-electron chi connectivity index (χ4n) is 16.7. The molecule has 4 atom stereocenters. The number of nitrogens with two attached hydrogens (primary N) is 2. The number of hydrogen-bond acceptors (Lipinski definition) is 18. The molecule has 6 aromatic rings. The van der Waals surface area contributed by atoms with Crippen molar-refractivity contribution in [2.45, 2.75) is 155 Å². The molecule has 30 heteroatoms. The number of carboxylic acid groups (broad SMARTS) is 1. The van der Waals surface area contributed by atoms with Gasteiger partial charge in [0, 0.05) is 92.5 Å². The maximum Gasteiger partial charge on any atom is 0.410 e. The first-order valence-corrected chi connectivity index (χ1v) is 37.4. The topological polar surface area (TPSA) is 392 Å². The number of primary amides is 1. The zero-order valence-corrected chi connectivity index (χ0v) is 60.2. The van der Waals surface area contributed by atoms with Gasteiger partial charge in [0.25, 0.3) is 17.7 Å². The number of carbonyl (C=O) groups excluding carboxylic acids is 8. The molecular formula is C73H90N14O14S2. The molecule has 2 unspecified atom stereocenters. The van der Waals surface area contributed by atoms with E-state index in [9.17, 15) is 56.7 Å². The summed E-state index contributed by atoms with van der Waals surface area (Å²) in [5.74, 6) is -4.25. The highest BCUT2D eigenvalue weighted by molar-refractivity contribution is 7.89. The molecule has 6 aliphatic rings. The third-order valence-corrected chi connectivity index (χ3v) is 22.0. The first-order valence-electron chi connectivity index (χ1n) is 34.9. The lowest BCUT2D eigenvalue weighted by Gasteiger charge is -2.69. The Morgan fingerprint density at radius 1 is 0.806 bits per heavy atom. The average Bonchev–Trinajstić information content (AvgIpc) is 0.895. The van der Waals surface area contributed by atoms with Crippen molar-refractivity contribution in [1.29, 1.82) is 0 Å². The number of aromatic carboxylic acids is 1. The SMILES string of the molecule is Cc1c(-c2ccc(N3CCc4cccc(C(=O)Nc5nc6ccccc6s5)c4C3)nc2C(=O)O)cnn1CC12CC3(C)CC(C)(C1)CC(OCCN(CCS(N)(=O)=O)C(=O)OCc1ccc(NC(=O)[C@H](CCCNC(N)=O)NC(=O)[C@@H](NC(=O)CCCCCN4C(=O)C=CC4=O)C(C)C)cc1)(C3)C2. The predicted octanol–water partition coefficient (Wildman–Crippen LogP) is 7.94. The van der Waals surface area contributed by atoms with E-state index >= 15 is 0 Å². The van der Waals surface area contributed by atoms with Crippen molar-refractivity contribution < 1.29 is 66.1 Å². The molecule has 28 nitrogen and oxygen atoms in total. The van der Waals surface area contributed by atoms with E-state index < -0.39 is 69.3 Å². The normalized spacial score (nSPS) is 20.9. The number of ether oxygens (including phenoxy) is 2. The van der Waals surface area contributed by atoms with Crippen LogP contribution >= 0.6 is 11.3 Å². The van der Waals surface area contributed by atoms with Crippen LogP contribution in [0.2, 0.25) is 0 Å². The lowest BCUT2D eigenvalue weighted by molar-refractivity contribution is -0.248. The van der Waals surface area contributed by atoms with Crippen molar-refractivity contribution in [2.75, 3.05) is 60.6 Å². The van der Waals surface area contributed by atoms with Crippen LogP contribution in [-0.2, 0) is 69.6 Å². The zero-order chi connectivity index (χ0) is 73.6. The second-order valence-electron chi connectivity index (χ2n) is 29.3. The fourth-order valence-corrected chi connectivity index (χ4v) is 18.0. The number of primary sulfonamides is 1. The van der Waals surface area contributed by atoms with Crippen LogP contribution in [0.3, 0.4) is 0 Å². The van der Waals surface area contributed by atoms with Gasteiger partial charge in [0.1, 0.15) is 24.5 Å². The van der Waals surface area contributed by atoms with E-state index in [1.807, 2.05) is 59.0 Å². The summed E-state index contributed by atoms with van der Waals surface area (Å²) in [6.07, 6.45) is 10.9. The molecule has 103 heavy (non-hydrogen) atoms. The number of nitrogens with zero attached hydrogens (tertiary/aromatic N) is 7. The van der Waals surface area contributed by atoms with Gasteiger partial charge in [-0.2, -0.15) is 5.10 Å². The van der Waals surface area contributed by atoms with Crippen molar-refractivity contribution in [3.05, 3.63) is 131 Å². The number of anilines is 3. The van der Waals surface area contributed by atoms with Gasteiger partial charge in [0.2, 0.25) is 27.7 Å². The summed E-state index contributed by atoms with van der Waals surface area (Å²) < 4.78 is 40.4. The molecule has 4 saturated carbocycles. The number of para-hydroxylation sites is 1. The molecule has 0 radical (unpaired) electrons. The van der Waals surface area contributed by atoms with Gasteiger partial charge in [-0.25, -0.2) is 37.9 Å². The Balaban J connectivity index is 0.698. The number of rotatable bonds is 32. The number of urea groups is 1. The summed E-state index contributed by atoms with van der Waals surface area (Å²) >= 11 is 1.40. The van der Waals surface area contributed by atoms with Gasteiger partial charge in [-0.1, -0.05) is 81.9 Å². The van der Waals surface area contributed by atoms with Gasteiger partial charge in [0.05, 0.1) is 34.4 Å². The molecule has 0 spiro atoms. The van der Waals surface area contributed by atoms with Gasteiger partial charge in [-0.3, -0.25) is 43.7 Å². The number of thiazole rings is 1. The molecule has 3 aromatic heterocycles. The van der Waals surface area contributed by atoms with E-state index in [-0.39, 0.29) is 104 Å². The first kappa shape index (κ1) is 74.5. The van der Waals surface area contributed by atoms with Crippen molar-refractivity contribution in [3.8, 4) is 11.1 Å². The number of hydrogen-bond donors (Lipinski definition) is 8. The van der Waals surface area contributed by atoms with Gasteiger partial charge < -0.3 is 51.4 Å². The highest BCUT2D eigenvalue weighted by atomic mass is 32.2. The Labute approximate surface area is 601 Å². The van der Waals surface area contributed by atoms with Crippen molar-refractivity contribution in [2.24, 2.45) is 33.0 Å². The molecule has 12 rings (SSSR count). The number of unbranched alkanes of at least 4 members (excludes halogenated alkanes) is 2. The number of nitrogens with one attached hydrogen (secondary N) is 5. The molecule has 5 heterocycles. The van der Waals surface area contributed by atoms with E-state index in [4.69, 9.17) is 30.4 Å². The molecule has 9 amide bonds. The smallest absolute Gasteiger partial charge is 0.410 e. The minimum Gasteiger partial charge on any atom is -0.476 e. The summed E-state index contributed by atoms with van der Waals surface area (Å²) in [6, 6.07) is 20.5. The highest BCUT2D eigenvalue weighted by Gasteiger charge is 2.66. The van der Waals surface area contributed by atoms with Crippen LogP contribution in [0.15, 0.2) is 97.2 Å². The molecule has 3 aromatic carbocycles. The van der Waals surface area contributed by atoms with Crippen molar-refractivity contribution in [3.63, 3.8) is 0 Å². The predicted molar refractivity (Wildman–Crippen MR) is 386 cm³/mol.